The Kier molecular flexibility index (Phi) is 8.02. The van der Waals surface area contributed by atoms with E-state index in [4.69, 9.17) is 4.74 Å². The number of rotatable bonds is 7. The zero-order valence-electron chi connectivity index (χ0n) is 17.6. The van der Waals surface area contributed by atoms with Crippen LogP contribution in [0.2, 0.25) is 0 Å². The molecule has 0 bridgehead atoms. The molecule has 2 amide bonds. The fraction of sp³-hybridized carbons (Fsp3) is 0.391. The second-order valence-electron chi connectivity index (χ2n) is 7.33. The van der Waals surface area contributed by atoms with E-state index in [-0.39, 0.29) is 17.6 Å². The lowest BCUT2D eigenvalue weighted by Crippen LogP contribution is -2.36. The van der Waals surface area contributed by atoms with Crippen molar-refractivity contribution >= 4 is 35.0 Å². The predicted octanol–water partition coefficient (Wildman–Crippen LogP) is 3.41. The number of ether oxygens (including phenoxy) is 1. The van der Waals surface area contributed by atoms with Crippen molar-refractivity contribution in [2.75, 3.05) is 55.0 Å². The summed E-state index contributed by atoms with van der Waals surface area (Å²) in [6.07, 6.45) is 0.927. The fourth-order valence-electron chi connectivity index (χ4n) is 3.37. The summed E-state index contributed by atoms with van der Waals surface area (Å²) in [5, 5.41) is 2.86. The average Bonchev–Trinajstić information content (AvgIpc) is 3.02. The van der Waals surface area contributed by atoms with Crippen LogP contribution in [0.25, 0.3) is 0 Å². The van der Waals surface area contributed by atoms with Gasteiger partial charge in [0, 0.05) is 37.6 Å². The van der Waals surface area contributed by atoms with Gasteiger partial charge in [-0.1, -0.05) is 17.7 Å². The Hall–Kier alpha value is -2.67. The van der Waals surface area contributed by atoms with Crippen LogP contribution in [0.5, 0.6) is 5.75 Å². The monoisotopic (exact) mass is 427 g/mol. The summed E-state index contributed by atoms with van der Waals surface area (Å²) in [7, 11) is 1.66. The van der Waals surface area contributed by atoms with Crippen molar-refractivity contribution in [3.05, 3.63) is 54.1 Å². The number of carbonyl (C=O) groups is 2. The lowest BCUT2D eigenvalue weighted by molar-refractivity contribution is -0.128. The van der Waals surface area contributed by atoms with E-state index in [1.54, 1.807) is 7.11 Å². The molecule has 1 N–H and O–H groups in total. The number of anilines is 2. The van der Waals surface area contributed by atoms with Gasteiger partial charge in [-0.05, 0) is 49.7 Å². The largest absolute Gasteiger partial charge is 0.497 e. The van der Waals surface area contributed by atoms with Crippen LogP contribution >= 0.6 is 11.8 Å². The Morgan fingerprint density at radius 3 is 2.40 bits per heavy atom. The lowest BCUT2D eigenvalue weighted by atomic mass is 10.2. The van der Waals surface area contributed by atoms with Gasteiger partial charge >= 0.3 is 0 Å². The quantitative estimate of drug-likeness (QED) is 0.734. The minimum Gasteiger partial charge on any atom is -0.497 e. The van der Waals surface area contributed by atoms with Gasteiger partial charge in [-0.3, -0.25) is 9.59 Å². The number of benzene rings is 2. The number of aryl methyl sites for hydroxylation is 1. The normalized spacial score (nSPS) is 14.2. The summed E-state index contributed by atoms with van der Waals surface area (Å²) in [4.78, 5) is 28.9. The van der Waals surface area contributed by atoms with Gasteiger partial charge in [-0.25, -0.2) is 0 Å². The molecular formula is C23H29N3O3S. The van der Waals surface area contributed by atoms with Crippen LogP contribution in [0.3, 0.4) is 0 Å². The molecule has 0 aromatic heterocycles. The van der Waals surface area contributed by atoms with E-state index in [0.29, 0.717) is 12.3 Å². The van der Waals surface area contributed by atoms with Gasteiger partial charge in [0.25, 0.3) is 0 Å². The standard InChI is InChI=1S/C23H29N3O3S/c1-18-4-6-19(7-5-18)24-22(27)16-30-17-23(28)26-13-3-12-25(14-15-26)20-8-10-21(29-2)11-9-20/h4-11H,3,12-17H2,1-2H3,(H,24,27). The molecule has 0 saturated carbocycles. The SMILES string of the molecule is COc1ccc(N2CCCN(C(=O)CSCC(=O)Nc3ccc(C)cc3)CC2)cc1. The highest BCUT2D eigenvalue weighted by Crippen LogP contribution is 2.21. The Bertz CT molecular complexity index is 840. The van der Waals surface area contributed by atoms with Crippen molar-refractivity contribution in [3.63, 3.8) is 0 Å². The molecule has 1 aliphatic heterocycles. The van der Waals surface area contributed by atoms with Crippen molar-refractivity contribution in [1.29, 1.82) is 0 Å². The zero-order valence-corrected chi connectivity index (χ0v) is 18.4. The van der Waals surface area contributed by atoms with E-state index in [9.17, 15) is 9.59 Å². The first-order valence-electron chi connectivity index (χ1n) is 10.2. The number of carbonyl (C=O) groups excluding carboxylic acids is 2. The van der Waals surface area contributed by atoms with Crippen molar-refractivity contribution in [3.8, 4) is 5.75 Å². The molecule has 30 heavy (non-hydrogen) atoms. The fourth-order valence-corrected chi connectivity index (χ4v) is 4.09. The highest BCUT2D eigenvalue weighted by Gasteiger charge is 2.19. The second-order valence-corrected chi connectivity index (χ2v) is 8.31. The van der Waals surface area contributed by atoms with E-state index < -0.39 is 0 Å². The molecule has 6 nitrogen and oxygen atoms in total. The molecular weight excluding hydrogens is 398 g/mol. The van der Waals surface area contributed by atoms with Crippen LogP contribution in [0.4, 0.5) is 11.4 Å². The maximum Gasteiger partial charge on any atom is 0.234 e. The van der Waals surface area contributed by atoms with Crippen LogP contribution in [0, 0.1) is 6.92 Å². The maximum atomic E-state index is 12.6. The number of thioether (sulfide) groups is 1. The summed E-state index contributed by atoms with van der Waals surface area (Å²) in [5.41, 5.74) is 3.08. The highest BCUT2D eigenvalue weighted by atomic mass is 32.2. The molecule has 0 unspecified atom stereocenters. The number of hydrogen-bond acceptors (Lipinski definition) is 5. The number of methoxy groups -OCH3 is 1. The van der Waals surface area contributed by atoms with Crippen LogP contribution in [-0.2, 0) is 9.59 Å². The Balaban J connectivity index is 1.41. The molecule has 2 aromatic rings. The molecule has 0 radical (unpaired) electrons. The van der Waals surface area contributed by atoms with Crippen molar-refractivity contribution < 1.29 is 14.3 Å². The summed E-state index contributed by atoms with van der Waals surface area (Å²) in [6, 6.07) is 15.7. The molecule has 160 valence electrons. The van der Waals surface area contributed by atoms with Crippen molar-refractivity contribution in [2.24, 2.45) is 0 Å². The minimum atomic E-state index is -0.0850. The third kappa shape index (κ3) is 6.42. The summed E-state index contributed by atoms with van der Waals surface area (Å²) in [5.74, 6) is 1.45. The second kappa shape index (κ2) is 10.9. The van der Waals surface area contributed by atoms with Gasteiger partial charge in [0.05, 0.1) is 18.6 Å². The lowest BCUT2D eigenvalue weighted by Gasteiger charge is -2.24. The number of amides is 2. The van der Waals surface area contributed by atoms with Crippen LogP contribution in [0.1, 0.15) is 12.0 Å². The Morgan fingerprint density at radius 2 is 1.70 bits per heavy atom. The van der Waals surface area contributed by atoms with E-state index in [0.717, 1.165) is 48.7 Å². The van der Waals surface area contributed by atoms with Crippen LogP contribution in [-0.4, -0.2) is 61.5 Å². The van der Waals surface area contributed by atoms with Gasteiger partial charge in [-0.2, -0.15) is 0 Å². The first kappa shape index (κ1) is 22.0. The number of nitrogens with one attached hydrogen (secondary N) is 1. The average molecular weight is 428 g/mol. The molecule has 1 fully saturated rings. The molecule has 1 aliphatic rings. The van der Waals surface area contributed by atoms with Crippen molar-refractivity contribution in [2.45, 2.75) is 13.3 Å². The molecule has 1 saturated heterocycles. The first-order chi connectivity index (χ1) is 14.5. The van der Waals surface area contributed by atoms with E-state index in [1.807, 2.05) is 48.2 Å². The van der Waals surface area contributed by atoms with Crippen molar-refractivity contribution in [1.82, 2.24) is 4.90 Å². The molecule has 0 atom stereocenters. The minimum absolute atomic E-state index is 0.0850. The van der Waals surface area contributed by atoms with Crippen LogP contribution in [0.15, 0.2) is 48.5 Å². The molecule has 3 rings (SSSR count). The number of hydrogen-bond donors (Lipinski definition) is 1. The van der Waals surface area contributed by atoms with Gasteiger partial charge < -0.3 is 19.9 Å². The zero-order chi connectivity index (χ0) is 21.3. The molecule has 0 aliphatic carbocycles. The predicted molar refractivity (Wildman–Crippen MR) is 124 cm³/mol. The van der Waals surface area contributed by atoms with Gasteiger partial charge in [0.15, 0.2) is 0 Å². The summed E-state index contributed by atoms with van der Waals surface area (Å²) >= 11 is 1.36. The summed E-state index contributed by atoms with van der Waals surface area (Å²) < 4.78 is 5.22. The van der Waals surface area contributed by atoms with E-state index in [2.05, 4.69) is 22.3 Å². The Labute approximate surface area is 182 Å². The topological polar surface area (TPSA) is 61.9 Å². The molecule has 0 spiro atoms. The first-order valence-corrected chi connectivity index (χ1v) is 11.3. The number of nitrogens with zero attached hydrogens (tertiary/aromatic N) is 2. The van der Waals surface area contributed by atoms with Gasteiger partial charge in [-0.15, -0.1) is 11.8 Å². The van der Waals surface area contributed by atoms with E-state index in [1.165, 1.54) is 11.8 Å². The Morgan fingerprint density at radius 1 is 0.967 bits per heavy atom. The molecule has 2 aromatic carbocycles. The highest BCUT2D eigenvalue weighted by molar-refractivity contribution is 8.00. The van der Waals surface area contributed by atoms with Gasteiger partial charge in [0.2, 0.25) is 11.8 Å². The smallest absolute Gasteiger partial charge is 0.234 e. The van der Waals surface area contributed by atoms with Gasteiger partial charge in [0.1, 0.15) is 5.75 Å². The van der Waals surface area contributed by atoms with Crippen LogP contribution < -0.4 is 15.0 Å². The third-order valence-corrected chi connectivity index (χ3v) is 6.00. The third-order valence-electron chi connectivity index (χ3n) is 5.08. The molecule has 1 heterocycles. The summed E-state index contributed by atoms with van der Waals surface area (Å²) in [6.45, 7) is 5.17. The maximum absolute atomic E-state index is 12.6. The van der Waals surface area contributed by atoms with E-state index >= 15 is 0 Å². The molecule has 7 heteroatoms.